The normalized spacial score (nSPS) is 11.7. The molecule has 0 saturated carbocycles. The fourth-order valence-electron chi connectivity index (χ4n) is 2.06. The lowest BCUT2D eigenvalue weighted by Crippen LogP contribution is -2.41. The Morgan fingerprint density at radius 3 is 1.88 bits per heavy atom. The zero-order valence-corrected chi connectivity index (χ0v) is 13.7. The van der Waals surface area contributed by atoms with Crippen LogP contribution in [0.15, 0.2) is 30.3 Å². The Labute approximate surface area is 114 Å². The first kappa shape index (κ1) is 14.2. The highest BCUT2D eigenvalue weighted by Gasteiger charge is 2.30. The molecule has 16 heavy (non-hydrogen) atoms. The van der Waals surface area contributed by atoms with Gasteiger partial charge in [-0.15, -0.1) is 21.8 Å². The van der Waals surface area contributed by atoms with Crippen LogP contribution in [0.1, 0.15) is 39.5 Å². The van der Waals surface area contributed by atoms with Gasteiger partial charge >= 0.3 is 0 Å². The zero-order chi connectivity index (χ0) is 11.9. The highest BCUT2D eigenvalue weighted by atomic mass is 127. The van der Waals surface area contributed by atoms with Crippen molar-refractivity contribution in [1.29, 1.82) is 0 Å². The second-order valence-electron chi connectivity index (χ2n) is 4.54. The molecule has 0 nitrogen and oxygen atoms in total. The maximum absolute atomic E-state index is 2.83. The Hall–Kier alpha value is 0.167. The van der Waals surface area contributed by atoms with Gasteiger partial charge in [-0.3, -0.25) is 0 Å². The van der Waals surface area contributed by atoms with E-state index in [4.69, 9.17) is 0 Å². The van der Waals surface area contributed by atoms with Crippen molar-refractivity contribution in [3.63, 3.8) is 0 Å². The van der Waals surface area contributed by atoms with Gasteiger partial charge in [0.05, 0.1) is 0 Å². The molecule has 0 N–H and O–H groups in total. The largest absolute Gasteiger partial charge is 0.155 e. The topological polar surface area (TPSA) is 0 Å². The number of hydrogen-bond donors (Lipinski definition) is 0. The fraction of sp³-hybridized carbons (Fsp3) is 0.571. The Bertz CT molecular complexity index is 276. The number of hydrogen-bond acceptors (Lipinski definition) is 0. The summed E-state index contributed by atoms with van der Waals surface area (Å²) in [6, 6.07) is 14.1. The van der Waals surface area contributed by atoms with Crippen LogP contribution in [0.25, 0.3) is 0 Å². The predicted octanol–water partition coefficient (Wildman–Crippen LogP) is 4.87. The van der Waals surface area contributed by atoms with E-state index in [0.29, 0.717) is 0 Å². The minimum Gasteiger partial charge on any atom is -0.113 e. The fourth-order valence-corrected chi connectivity index (χ4v) is 8.88. The van der Waals surface area contributed by atoms with E-state index >= 15 is 0 Å². The van der Waals surface area contributed by atoms with E-state index < -0.39 is 5.57 Å². The highest BCUT2D eigenvalue weighted by Crippen LogP contribution is 2.28. The third-order valence-electron chi connectivity index (χ3n) is 3.14. The molecule has 0 radical (unpaired) electrons. The molecule has 1 aromatic carbocycles. The highest BCUT2D eigenvalue weighted by molar-refractivity contribution is 14.1. The van der Waals surface area contributed by atoms with Crippen molar-refractivity contribution >= 4 is 32.6 Å². The van der Waals surface area contributed by atoms with Crippen LogP contribution in [0.4, 0.5) is 0 Å². The van der Waals surface area contributed by atoms with Gasteiger partial charge in [-0.25, -0.2) is 0 Å². The van der Waals surface area contributed by atoms with Crippen molar-refractivity contribution in [2.24, 2.45) is 0 Å². The predicted molar refractivity (Wildman–Crippen MR) is 85.3 cm³/mol. The molecule has 0 unspecified atom stereocenters. The van der Waals surface area contributed by atoms with Crippen molar-refractivity contribution in [3.8, 4) is 0 Å². The van der Waals surface area contributed by atoms with Crippen LogP contribution in [0.5, 0.6) is 0 Å². The third-order valence-corrected chi connectivity index (χ3v) is 11.9. The van der Waals surface area contributed by atoms with Crippen molar-refractivity contribution in [2.75, 3.05) is 0 Å². The van der Waals surface area contributed by atoms with Gasteiger partial charge in [-0.1, -0.05) is 69.9 Å². The van der Waals surface area contributed by atoms with Gasteiger partial charge in [0.2, 0.25) is 0 Å². The van der Waals surface area contributed by atoms with E-state index in [1.54, 1.807) is 5.19 Å². The summed E-state index contributed by atoms with van der Waals surface area (Å²) in [6.45, 7) is 4.60. The molecule has 2 heteroatoms. The lowest BCUT2D eigenvalue weighted by Gasteiger charge is -2.25. The number of rotatable bonds is 7. The second-order valence-corrected chi connectivity index (χ2v) is 14.2. The summed E-state index contributed by atoms with van der Waals surface area (Å²) in [4.78, 5) is 0. The standard InChI is InChI=1S/C14H23ISi/c1-3-5-12-16(15,13-6-4-2)14-10-8-7-9-11-14/h7-11H,3-6,12-13H2,1-2H3. The van der Waals surface area contributed by atoms with E-state index in [1.807, 2.05) is 0 Å². The average molecular weight is 346 g/mol. The molecular weight excluding hydrogens is 323 g/mol. The van der Waals surface area contributed by atoms with Crippen molar-refractivity contribution in [2.45, 2.75) is 51.6 Å². The minimum absolute atomic E-state index is 1.20. The molecule has 0 aliphatic carbocycles. The molecule has 1 aromatic rings. The lowest BCUT2D eigenvalue weighted by molar-refractivity contribution is 0.844. The van der Waals surface area contributed by atoms with Crippen molar-refractivity contribution in [1.82, 2.24) is 0 Å². The van der Waals surface area contributed by atoms with Crippen LogP contribution in [0, 0.1) is 0 Å². The smallest absolute Gasteiger partial charge is 0.113 e. The zero-order valence-electron chi connectivity index (χ0n) is 10.5. The molecule has 0 fully saturated rings. The first-order valence-electron chi connectivity index (χ1n) is 6.47. The number of benzene rings is 1. The molecule has 0 aliphatic rings. The summed E-state index contributed by atoms with van der Waals surface area (Å²) < 4.78 is 0. The molecule has 0 aliphatic heterocycles. The summed E-state index contributed by atoms with van der Waals surface area (Å²) in [5.41, 5.74) is -1.20. The molecule has 0 bridgehead atoms. The van der Waals surface area contributed by atoms with Gasteiger partial charge in [-0.05, 0) is 17.3 Å². The average Bonchev–Trinajstić information content (AvgIpc) is 2.35. The van der Waals surface area contributed by atoms with Gasteiger partial charge in [0.1, 0.15) is 0 Å². The van der Waals surface area contributed by atoms with Crippen LogP contribution < -0.4 is 5.19 Å². The lowest BCUT2D eigenvalue weighted by atomic mass is 10.4. The molecule has 0 amide bonds. The van der Waals surface area contributed by atoms with Gasteiger partial charge in [0, 0.05) is 0 Å². The molecule has 90 valence electrons. The van der Waals surface area contributed by atoms with Crippen molar-refractivity contribution < 1.29 is 0 Å². The monoisotopic (exact) mass is 346 g/mol. The van der Waals surface area contributed by atoms with E-state index in [9.17, 15) is 0 Å². The molecule has 0 heterocycles. The van der Waals surface area contributed by atoms with Crippen molar-refractivity contribution in [3.05, 3.63) is 30.3 Å². The first-order valence-corrected chi connectivity index (χ1v) is 12.0. The van der Waals surface area contributed by atoms with Crippen LogP contribution in [-0.4, -0.2) is 5.57 Å². The van der Waals surface area contributed by atoms with Crippen LogP contribution in [-0.2, 0) is 0 Å². The number of unbranched alkanes of at least 4 members (excludes halogenated alkanes) is 2. The van der Waals surface area contributed by atoms with Crippen LogP contribution >= 0.6 is 21.8 Å². The quantitative estimate of drug-likeness (QED) is 0.375. The number of halogens is 1. The Morgan fingerprint density at radius 2 is 1.44 bits per heavy atom. The molecular formula is C14H23ISi. The minimum atomic E-state index is -1.20. The van der Waals surface area contributed by atoms with E-state index in [0.717, 1.165) is 0 Å². The molecule has 1 rings (SSSR count). The van der Waals surface area contributed by atoms with E-state index in [1.165, 1.54) is 37.8 Å². The van der Waals surface area contributed by atoms with Crippen LogP contribution in [0.2, 0.25) is 12.1 Å². The Morgan fingerprint density at radius 1 is 0.938 bits per heavy atom. The molecule has 0 aromatic heterocycles. The van der Waals surface area contributed by atoms with E-state index in [-0.39, 0.29) is 0 Å². The van der Waals surface area contributed by atoms with Gasteiger partial charge in [-0.2, -0.15) is 0 Å². The van der Waals surface area contributed by atoms with Crippen LogP contribution in [0.3, 0.4) is 0 Å². The summed E-state index contributed by atoms with van der Waals surface area (Å²) >= 11 is 2.83. The maximum Gasteiger partial charge on any atom is 0.155 e. The summed E-state index contributed by atoms with van der Waals surface area (Å²) in [5.74, 6) is 0. The molecule has 0 spiro atoms. The summed E-state index contributed by atoms with van der Waals surface area (Å²) in [5, 5.41) is 1.65. The Balaban J connectivity index is 2.77. The maximum atomic E-state index is 2.83. The van der Waals surface area contributed by atoms with Gasteiger partial charge < -0.3 is 0 Å². The first-order chi connectivity index (χ1) is 7.73. The summed E-state index contributed by atoms with van der Waals surface area (Å²) in [6.07, 6.45) is 5.45. The molecule has 0 atom stereocenters. The van der Waals surface area contributed by atoms with Gasteiger partial charge in [0.15, 0.2) is 5.57 Å². The van der Waals surface area contributed by atoms with E-state index in [2.05, 4.69) is 66.0 Å². The SMILES string of the molecule is CCCC[Si](I)(CCCC)c1ccccc1. The second kappa shape index (κ2) is 7.48. The van der Waals surface area contributed by atoms with Gasteiger partial charge in [0.25, 0.3) is 0 Å². The molecule has 0 saturated heterocycles. The third kappa shape index (κ3) is 4.21. The summed E-state index contributed by atoms with van der Waals surface area (Å²) in [7, 11) is 0. The Kier molecular flexibility index (Phi) is 6.66.